The zero-order valence-electron chi connectivity index (χ0n) is 7.87. The summed E-state index contributed by atoms with van der Waals surface area (Å²) in [5, 5.41) is -0.765. The molecule has 1 aliphatic heterocycles. The monoisotopic (exact) mass is 224 g/mol. The average molecular weight is 225 g/mol. The Bertz CT molecular complexity index is 445. The van der Waals surface area contributed by atoms with Crippen molar-refractivity contribution in [3.8, 4) is 0 Å². The van der Waals surface area contributed by atoms with Crippen molar-refractivity contribution in [1.82, 2.24) is 0 Å². The van der Waals surface area contributed by atoms with Crippen LogP contribution in [0.5, 0.6) is 0 Å². The van der Waals surface area contributed by atoms with Crippen LogP contribution in [0.1, 0.15) is 11.1 Å². The van der Waals surface area contributed by atoms with Crippen LogP contribution >= 0.6 is 11.6 Å². The van der Waals surface area contributed by atoms with E-state index in [1.165, 1.54) is 0 Å². The van der Waals surface area contributed by atoms with Crippen LogP contribution in [0.25, 0.3) is 0 Å². The molecule has 0 fully saturated rings. The van der Waals surface area contributed by atoms with Crippen LogP contribution in [-0.4, -0.2) is 11.3 Å². The number of nitrogens with two attached hydrogens (primary N) is 1. The Labute approximate surface area is 91.6 Å². The number of amides is 2. The normalized spacial score (nSPS) is 14.3. The number of rotatable bonds is 1. The van der Waals surface area contributed by atoms with Gasteiger partial charge in [0.15, 0.2) is 0 Å². The minimum absolute atomic E-state index is 0.210. The number of imide groups is 1. The molecule has 78 valence electrons. The largest absolute Gasteiger partial charge is 0.327 e. The molecule has 0 radical (unpaired) electrons. The van der Waals surface area contributed by atoms with Gasteiger partial charge in [0.05, 0.1) is 12.1 Å². The van der Waals surface area contributed by atoms with Gasteiger partial charge >= 0.3 is 5.37 Å². The molecule has 0 atom stereocenters. The molecule has 1 heterocycles. The summed E-state index contributed by atoms with van der Waals surface area (Å²) in [4.78, 5) is 23.5. The van der Waals surface area contributed by atoms with Crippen LogP contribution in [0.15, 0.2) is 18.2 Å². The number of fused-ring (bicyclic) bond motifs is 1. The van der Waals surface area contributed by atoms with Crippen molar-refractivity contribution in [2.45, 2.75) is 13.0 Å². The lowest BCUT2D eigenvalue weighted by atomic mass is 10.1. The zero-order chi connectivity index (χ0) is 11.0. The summed E-state index contributed by atoms with van der Waals surface area (Å²) in [6.45, 7) is 0.413. The second-order valence-corrected chi connectivity index (χ2v) is 3.65. The van der Waals surface area contributed by atoms with Crippen LogP contribution in [0.3, 0.4) is 0 Å². The summed E-state index contributed by atoms with van der Waals surface area (Å²) in [7, 11) is 0. The van der Waals surface area contributed by atoms with Crippen LogP contribution in [0.2, 0.25) is 0 Å². The number of hydrogen-bond acceptors (Lipinski definition) is 3. The maximum Gasteiger partial charge on any atom is 0.327 e. The summed E-state index contributed by atoms with van der Waals surface area (Å²) >= 11 is 5.32. The summed E-state index contributed by atoms with van der Waals surface area (Å²) in [6.07, 6.45) is 0.210. The molecule has 0 bridgehead atoms. The second-order valence-electron chi connectivity index (χ2n) is 3.33. The molecule has 4 nitrogen and oxygen atoms in total. The quantitative estimate of drug-likeness (QED) is 0.579. The van der Waals surface area contributed by atoms with Crippen LogP contribution in [0.4, 0.5) is 10.5 Å². The third kappa shape index (κ3) is 1.62. The third-order valence-corrected chi connectivity index (χ3v) is 2.56. The Morgan fingerprint density at radius 3 is 2.87 bits per heavy atom. The molecule has 1 aromatic carbocycles. The Morgan fingerprint density at radius 1 is 1.53 bits per heavy atom. The molecular weight excluding hydrogens is 216 g/mol. The Balaban J connectivity index is 2.47. The van der Waals surface area contributed by atoms with E-state index < -0.39 is 5.37 Å². The lowest BCUT2D eigenvalue weighted by Crippen LogP contribution is -2.28. The maximum atomic E-state index is 11.5. The standard InChI is InChI=1S/C10H9ClN2O2/c11-10(15)13-8-2-1-6(5-12)3-7(8)4-9(13)14/h1-3H,4-5,12H2. The summed E-state index contributed by atoms with van der Waals surface area (Å²) in [5.74, 6) is -0.292. The fourth-order valence-corrected chi connectivity index (χ4v) is 1.88. The van der Waals surface area contributed by atoms with Crippen molar-refractivity contribution in [2.24, 2.45) is 5.73 Å². The number of hydrogen-bond donors (Lipinski definition) is 1. The molecule has 0 aromatic heterocycles. The van der Waals surface area contributed by atoms with Crippen molar-refractivity contribution < 1.29 is 9.59 Å². The molecule has 1 aromatic rings. The van der Waals surface area contributed by atoms with Gasteiger partial charge in [0.25, 0.3) is 0 Å². The SMILES string of the molecule is NCc1ccc2c(c1)CC(=O)N2C(=O)Cl. The first-order chi connectivity index (χ1) is 7.13. The van der Waals surface area contributed by atoms with Gasteiger partial charge in [-0.2, -0.15) is 0 Å². The van der Waals surface area contributed by atoms with Gasteiger partial charge in [-0.05, 0) is 28.8 Å². The van der Waals surface area contributed by atoms with E-state index in [1.54, 1.807) is 12.1 Å². The van der Waals surface area contributed by atoms with Crippen molar-refractivity contribution in [2.75, 3.05) is 4.90 Å². The van der Waals surface area contributed by atoms with Crippen molar-refractivity contribution in [3.05, 3.63) is 29.3 Å². The highest BCUT2D eigenvalue weighted by Gasteiger charge is 2.31. The number of carbonyl (C=O) groups is 2. The predicted octanol–water partition coefficient (Wildman–Crippen LogP) is 1.39. The van der Waals surface area contributed by atoms with Crippen molar-refractivity contribution in [3.63, 3.8) is 0 Å². The Hall–Kier alpha value is -1.39. The number of benzene rings is 1. The molecule has 0 saturated carbocycles. The van der Waals surface area contributed by atoms with E-state index in [9.17, 15) is 9.59 Å². The van der Waals surface area contributed by atoms with Crippen molar-refractivity contribution >= 4 is 28.6 Å². The summed E-state index contributed by atoms with van der Waals surface area (Å²) in [5.41, 5.74) is 7.79. The third-order valence-electron chi connectivity index (χ3n) is 2.39. The highest BCUT2D eigenvalue weighted by molar-refractivity contribution is 6.68. The van der Waals surface area contributed by atoms with E-state index in [-0.39, 0.29) is 12.3 Å². The van der Waals surface area contributed by atoms with Gasteiger partial charge in [0.1, 0.15) is 0 Å². The van der Waals surface area contributed by atoms with Gasteiger partial charge in [0, 0.05) is 6.54 Å². The molecule has 1 aliphatic rings. The topological polar surface area (TPSA) is 63.4 Å². The van der Waals surface area contributed by atoms with Gasteiger partial charge in [-0.3, -0.25) is 9.59 Å². The lowest BCUT2D eigenvalue weighted by molar-refractivity contribution is -0.116. The maximum absolute atomic E-state index is 11.5. The number of halogens is 1. The molecule has 0 aliphatic carbocycles. The summed E-state index contributed by atoms with van der Waals surface area (Å²) in [6, 6.07) is 5.31. The fraction of sp³-hybridized carbons (Fsp3) is 0.200. The zero-order valence-corrected chi connectivity index (χ0v) is 8.62. The van der Waals surface area contributed by atoms with Gasteiger partial charge in [-0.25, -0.2) is 4.90 Å². The number of carbonyl (C=O) groups excluding carboxylic acids is 2. The fourth-order valence-electron chi connectivity index (χ4n) is 1.69. The predicted molar refractivity (Wildman–Crippen MR) is 56.8 cm³/mol. The molecule has 0 spiro atoms. The molecule has 0 unspecified atom stereocenters. The molecule has 2 N–H and O–H groups in total. The van der Waals surface area contributed by atoms with E-state index in [4.69, 9.17) is 17.3 Å². The van der Waals surface area contributed by atoms with E-state index in [0.29, 0.717) is 12.2 Å². The molecule has 5 heteroatoms. The van der Waals surface area contributed by atoms with Crippen LogP contribution in [0, 0.1) is 0 Å². The smallest absolute Gasteiger partial charge is 0.326 e. The Morgan fingerprint density at radius 2 is 2.27 bits per heavy atom. The Kier molecular flexibility index (Phi) is 2.46. The minimum Gasteiger partial charge on any atom is -0.326 e. The first-order valence-electron chi connectivity index (χ1n) is 4.47. The minimum atomic E-state index is -0.765. The van der Waals surface area contributed by atoms with E-state index >= 15 is 0 Å². The van der Waals surface area contributed by atoms with Crippen LogP contribution in [-0.2, 0) is 17.8 Å². The van der Waals surface area contributed by atoms with Gasteiger partial charge in [-0.15, -0.1) is 0 Å². The number of anilines is 1. The first-order valence-corrected chi connectivity index (χ1v) is 4.85. The van der Waals surface area contributed by atoms with Crippen molar-refractivity contribution in [1.29, 1.82) is 0 Å². The van der Waals surface area contributed by atoms with Gasteiger partial charge in [-0.1, -0.05) is 12.1 Å². The van der Waals surface area contributed by atoms with E-state index in [2.05, 4.69) is 0 Å². The molecule has 15 heavy (non-hydrogen) atoms. The molecule has 2 amide bonds. The molecular formula is C10H9ClN2O2. The average Bonchev–Trinajstić information content (AvgIpc) is 2.52. The van der Waals surface area contributed by atoms with E-state index in [0.717, 1.165) is 16.0 Å². The lowest BCUT2D eigenvalue weighted by Gasteiger charge is -2.10. The summed E-state index contributed by atoms with van der Waals surface area (Å²) < 4.78 is 0. The second kappa shape index (κ2) is 3.64. The van der Waals surface area contributed by atoms with E-state index in [1.807, 2.05) is 6.07 Å². The highest BCUT2D eigenvalue weighted by Crippen LogP contribution is 2.30. The highest BCUT2D eigenvalue weighted by atomic mass is 35.5. The molecule has 2 rings (SSSR count). The van der Waals surface area contributed by atoms with Gasteiger partial charge < -0.3 is 5.73 Å². The van der Waals surface area contributed by atoms with Gasteiger partial charge in [0.2, 0.25) is 5.91 Å². The first kappa shape index (κ1) is 10.1. The number of nitrogens with zero attached hydrogens (tertiary/aromatic N) is 1. The van der Waals surface area contributed by atoms with Crippen LogP contribution < -0.4 is 10.6 Å². The molecule has 0 saturated heterocycles.